The summed E-state index contributed by atoms with van der Waals surface area (Å²) in [5.74, 6) is 0.506. The summed E-state index contributed by atoms with van der Waals surface area (Å²) < 4.78 is 12.2. The summed E-state index contributed by atoms with van der Waals surface area (Å²) in [4.78, 5) is 31.3. The van der Waals surface area contributed by atoms with Gasteiger partial charge in [0.15, 0.2) is 17.0 Å². The number of hydrogen-bond donors (Lipinski definition) is 1. The van der Waals surface area contributed by atoms with Crippen molar-refractivity contribution >= 4 is 22.7 Å². The number of aryl methyl sites for hydroxylation is 1. The molecule has 0 aliphatic rings. The fourth-order valence-corrected chi connectivity index (χ4v) is 2.90. The first kappa shape index (κ1) is 15.6. The smallest absolute Gasteiger partial charge is 0.330 e. The Kier molecular flexibility index (Phi) is 4.35. The molecule has 0 spiro atoms. The van der Waals surface area contributed by atoms with Crippen molar-refractivity contribution in [2.24, 2.45) is 0 Å². The number of hydrogen-bond acceptors (Lipinski definition) is 7. The highest BCUT2D eigenvalue weighted by Gasteiger charge is 2.20. The fraction of sp³-hybridized carbons (Fsp3) is 0.462. The summed E-state index contributed by atoms with van der Waals surface area (Å²) in [6, 6.07) is 0. The topological polar surface area (TPSA) is 108 Å². The number of fused-ring (bicyclic) bond motifs is 1. The van der Waals surface area contributed by atoms with Crippen molar-refractivity contribution in [2.45, 2.75) is 26.4 Å². The van der Waals surface area contributed by atoms with Gasteiger partial charge in [-0.3, -0.25) is 14.3 Å². The summed E-state index contributed by atoms with van der Waals surface area (Å²) in [6.07, 6.45) is 0.750. The molecule has 10 heteroatoms. The molecule has 0 unspecified atom stereocenters. The van der Waals surface area contributed by atoms with Crippen LogP contribution in [-0.2, 0) is 17.8 Å². The predicted molar refractivity (Wildman–Crippen MR) is 85.7 cm³/mol. The Morgan fingerprint density at radius 3 is 2.78 bits per heavy atom. The van der Waals surface area contributed by atoms with E-state index in [1.807, 2.05) is 6.92 Å². The molecule has 0 saturated heterocycles. The van der Waals surface area contributed by atoms with Gasteiger partial charge in [0, 0.05) is 25.6 Å². The average Bonchev–Trinajstić information content (AvgIpc) is 3.16. The molecule has 3 heterocycles. The first-order valence-electron chi connectivity index (χ1n) is 7.17. The Bertz CT molecular complexity index is 924. The molecule has 1 N–H and O–H groups in total. The van der Waals surface area contributed by atoms with Crippen LogP contribution in [0.15, 0.2) is 15.0 Å². The Morgan fingerprint density at radius 2 is 2.13 bits per heavy atom. The maximum absolute atomic E-state index is 12.3. The van der Waals surface area contributed by atoms with Crippen molar-refractivity contribution in [3.05, 3.63) is 26.2 Å². The van der Waals surface area contributed by atoms with Gasteiger partial charge in [-0.25, -0.2) is 9.78 Å². The van der Waals surface area contributed by atoms with Crippen LogP contribution in [0, 0.1) is 0 Å². The SMILES string of the molecule is CCCn1c(=O)[nH]c(=O)c2c1nc(-c1csnn1)n2CCOC. The quantitative estimate of drug-likeness (QED) is 0.701. The van der Waals surface area contributed by atoms with E-state index in [0.717, 1.165) is 6.42 Å². The second-order valence-corrected chi connectivity index (χ2v) is 5.56. The van der Waals surface area contributed by atoms with Crippen molar-refractivity contribution in [1.29, 1.82) is 0 Å². The molecule has 0 aromatic carbocycles. The van der Waals surface area contributed by atoms with Gasteiger partial charge in [0.2, 0.25) is 0 Å². The highest BCUT2D eigenvalue weighted by Crippen LogP contribution is 2.21. The van der Waals surface area contributed by atoms with Crippen LogP contribution >= 0.6 is 11.5 Å². The van der Waals surface area contributed by atoms with Crippen molar-refractivity contribution in [2.75, 3.05) is 13.7 Å². The summed E-state index contributed by atoms with van der Waals surface area (Å²) in [6.45, 7) is 3.26. The molecule has 0 amide bonds. The number of aromatic amines is 1. The molecule has 122 valence electrons. The largest absolute Gasteiger partial charge is 0.383 e. The van der Waals surface area contributed by atoms with E-state index in [2.05, 4.69) is 19.6 Å². The van der Waals surface area contributed by atoms with Gasteiger partial charge in [0.25, 0.3) is 5.56 Å². The molecule has 23 heavy (non-hydrogen) atoms. The lowest BCUT2D eigenvalue weighted by molar-refractivity contribution is 0.188. The molecule has 0 fully saturated rings. The summed E-state index contributed by atoms with van der Waals surface area (Å²) in [5, 5.41) is 5.77. The first-order valence-corrected chi connectivity index (χ1v) is 8.00. The van der Waals surface area contributed by atoms with Crippen molar-refractivity contribution in [3.63, 3.8) is 0 Å². The minimum absolute atomic E-state index is 0.345. The number of nitrogens with one attached hydrogen (secondary N) is 1. The first-order chi connectivity index (χ1) is 11.2. The lowest BCUT2D eigenvalue weighted by Gasteiger charge is -2.07. The Balaban J connectivity index is 2.34. The zero-order chi connectivity index (χ0) is 16.4. The number of ether oxygens (including phenoxy) is 1. The molecule has 0 aliphatic heterocycles. The number of H-pyrrole nitrogens is 1. The lowest BCUT2D eigenvalue weighted by Crippen LogP contribution is -2.31. The molecule has 3 aromatic rings. The van der Waals surface area contributed by atoms with Crippen LogP contribution in [0.2, 0.25) is 0 Å². The van der Waals surface area contributed by atoms with Crippen LogP contribution in [0.4, 0.5) is 0 Å². The van der Waals surface area contributed by atoms with Gasteiger partial charge < -0.3 is 9.30 Å². The van der Waals surface area contributed by atoms with Gasteiger partial charge in [0.05, 0.1) is 6.61 Å². The van der Waals surface area contributed by atoms with Crippen LogP contribution in [0.3, 0.4) is 0 Å². The van der Waals surface area contributed by atoms with Crippen LogP contribution < -0.4 is 11.2 Å². The Hall–Kier alpha value is -2.33. The highest BCUT2D eigenvalue weighted by molar-refractivity contribution is 7.03. The maximum atomic E-state index is 12.3. The molecule has 3 aromatic heterocycles. The zero-order valence-electron chi connectivity index (χ0n) is 12.8. The second kappa shape index (κ2) is 6.42. The van der Waals surface area contributed by atoms with Gasteiger partial charge in [-0.05, 0) is 18.0 Å². The van der Waals surface area contributed by atoms with Gasteiger partial charge in [-0.1, -0.05) is 11.4 Å². The second-order valence-electron chi connectivity index (χ2n) is 4.95. The molecule has 0 saturated carbocycles. The molecule has 0 bridgehead atoms. The van der Waals surface area contributed by atoms with E-state index in [1.165, 1.54) is 16.1 Å². The number of aromatic nitrogens is 6. The van der Waals surface area contributed by atoms with Crippen molar-refractivity contribution < 1.29 is 4.74 Å². The fourth-order valence-electron chi connectivity index (χ4n) is 2.46. The van der Waals surface area contributed by atoms with Crippen LogP contribution in [0.25, 0.3) is 22.7 Å². The van der Waals surface area contributed by atoms with Crippen LogP contribution in [0.1, 0.15) is 13.3 Å². The number of nitrogens with zero attached hydrogens (tertiary/aromatic N) is 5. The van der Waals surface area contributed by atoms with E-state index in [-0.39, 0.29) is 0 Å². The number of rotatable bonds is 6. The lowest BCUT2D eigenvalue weighted by atomic mass is 10.4. The molecule has 0 aliphatic carbocycles. The third-order valence-corrected chi connectivity index (χ3v) is 3.95. The monoisotopic (exact) mass is 336 g/mol. The third-order valence-electron chi connectivity index (χ3n) is 3.44. The highest BCUT2D eigenvalue weighted by atomic mass is 32.1. The molecule has 9 nitrogen and oxygen atoms in total. The molecular formula is C13H16N6O3S. The Morgan fingerprint density at radius 1 is 1.30 bits per heavy atom. The van der Waals surface area contributed by atoms with Gasteiger partial charge in [0.1, 0.15) is 5.69 Å². The van der Waals surface area contributed by atoms with E-state index in [1.54, 1.807) is 17.1 Å². The minimum atomic E-state index is -0.463. The summed E-state index contributed by atoms with van der Waals surface area (Å²) >= 11 is 1.20. The molecular weight excluding hydrogens is 320 g/mol. The van der Waals surface area contributed by atoms with E-state index >= 15 is 0 Å². The van der Waals surface area contributed by atoms with Crippen molar-refractivity contribution in [1.82, 2.24) is 28.7 Å². The van der Waals surface area contributed by atoms with E-state index in [0.29, 0.717) is 42.4 Å². The van der Waals surface area contributed by atoms with Gasteiger partial charge in [-0.15, -0.1) is 5.10 Å². The van der Waals surface area contributed by atoms with Gasteiger partial charge >= 0.3 is 5.69 Å². The molecule has 3 rings (SSSR count). The van der Waals surface area contributed by atoms with Crippen LogP contribution in [-0.4, -0.2) is 42.4 Å². The minimum Gasteiger partial charge on any atom is -0.383 e. The molecule has 0 radical (unpaired) electrons. The normalized spacial score (nSPS) is 11.4. The predicted octanol–water partition coefficient (Wildman–Crippen LogP) is 0.461. The maximum Gasteiger partial charge on any atom is 0.330 e. The molecule has 0 atom stereocenters. The van der Waals surface area contributed by atoms with Crippen LogP contribution in [0.5, 0.6) is 0 Å². The average molecular weight is 336 g/mol. The van der Waals surface area contributed by atoms with E-state index < -0.39 is 11.2 Å². The number of methoxy groups -OCH3 is 1. The zero-order valence-corrected chi connectivity index (χ0v) is 13.6. The van der Waals surface area contributed by atoms with Crippen molar-refractivity contribution in [3.8, 4) is 11.5 Å². The standard InChI is InChI=1S/C13H16N6O3S/c1-3-4-19-11-9(12(20)15-13(19)21)18(5-6-22-2)10(14-11)8-7-23-17-16-8/h7H,3-6H2,1-2H3,(H,15,20,21). The summed E-state index contributed by atoms with van der Waals surface area (Å²) in [7, 11) is 1.58. The summed E-state index contributed by atoms with van der Waals surface area (Å²) in [5.41, 5.74) is 0.356. The number of imidazole rings is 1. The van der Waals surface area contributed by atoms with Gasteiger partial charge in [-0.2, -0.15) is 0 Å². The van der Waals surface area contributed by atoms with E-state index in [9.17, 15) is 9.59 Å². The Labute approximate surface area is 134 Å². The third kappa shape index (κ3) is 2.70. The van der Waals surface area contributed by atoms with E-state index in [4.69, 9.17) is 4.74 Å².